The lowest BCUT2D eigenvalue weighted by Gasteiger charge is -2.23. The molecule has 30 heavy (non-hydrogen) atoms. The van der Waals surface area contributed by atoms with Crippen LogP contribution in [0.1, 0.15) is 37.8 Å². The van der Waals surface area contributed by atoms with Crippen LogP contribution in [-0.4, -0.2) is 37.2 Å². The zero-order valence-corrected chi connectivity index (χ0v) is 20.6. The van der Waals surface area contributed by atoms with Crippen LogP contribution in [0.15, 0.2) is 34.8 Å². The topological polar surface area (TPSA) is 33.7 Å². The Morgan fingerprint density at radius 2 is 1.93 bits per heavy atom. The molecule has 1 atom stereocenters. The van der Waals surface area contributed by atoms with Gasteiger partial charge in [0.05, 0.1) is 11.1 Å². The Kier molecular flexibility index (Phi) is 9.14. The summed E-state index contributed by atoms with van der Waals surface area (Å²) in [5.41, 5.74) is 1.91. The van der Waals surface area contributed by atoms with E-state index in [1.54, 1.807) is 0 Å². The first-order valence-electron chi connectivity index (χ1n) is 10.5. The monoisotopic (exact) mass is 514 g/mol. The predicted octanol–water partition coefficient (Wildman–Crippen LogP) is 6.31. The number of ether oxygens (including phenoxy) is 2. The number of nitrogens with zero attached hydrogens (tertiary/aromatic N) is 1. The highest BCUT2D eigenvalue weighted by Crippen LogP contribution is 2.38. The summed E-state index contributed by atoms with van der Waals surface area (Å²) in [5.74, 6) is 1.37. The molecule has 1 aliphatic heterocycles. The number of hydrogen-bond donors (Lipinski definition) is 1. The van der Waals surface area contributed by atoms with E-state index in [1.165, 1.54) is 19.4 Å². The molecule has 164 valence electrons. The van der Waals surface area contributed by atoms with Gasteiger partial charge < -0.3 is 14.8 Å². The van der Waals surface area contributed by atoms with Crippen LogP contribution in [0.5, 0.6) is 11.5 Å². The van der Waals surface area contributed by atoms with Crippen molar-refractivity contribution in [2.75, 3.05) is 26.2 Å². The average molecular weight is 516 g/mol. The second-order valence-electron chi connectivity index (χ2n) is 7.38. The third kappa shape index (κ3) is 6.04. The minimum atomic E-state index is 0.267. The van der Waals surface area contributed by atoms with Crippen LogP contribution in [-0.2, 0) is 13.2 Å². The molecule has 0 bridgehead atoms. The van der Waals surface area contributed by atoms with Gasteiger partial charge in [-0.2, -0.15) is 0 Å². The van der Waals surface area contributed by atoms with E-state index in [4.69, 9.17) is 32.7 Å². The largest absolute Gasteiger partial charge is 0.490 e. The Balaban J connectivity index is 1.67. The summed E-state index contributed by atoms with van der Waals surface area (Å²) in [7, 11) is 0. The molecule has 0 amide bonds. The zero-order chi connectivity index (χ0) is 21.5. The van der Waals surface area contributed by atoms with E-state index < -0.39 is 0 Å². The molecule has 1 aliphatic rings. The fourth-order valence-electron chi connectivity index (χ4n) is 3.87. The van der Waals surface area contributed by atoms with Crippen LogP contribution in [0.3, 0.4) is 0 Å². The summed E-state index contributed by atoms with van der Waals surface area (Å²) in [4.78, 5) is 2.55. The van der Waals surface area contributed by atoms with Crippen molar-refractivity contribution >= 4 is 39.1 Å². The minimum Gasteiger partial charge on any atom is -0.490 e. The zero-order valence-electron chi connectivity index (χ0n) is 17.5. The molecule has 1 fully saturated rings. The van der Waals surface area contributed by atoms with E-state index in [2.05, 4.69) is 39.1 Å². The molecule has 0 saturated carbocycles. The number of halogens is 3. The van der Waals surface area contributed by atoms with Crippen molar-refractivity contribution in [1.82, 2.24) is 10.2 Å². The van der Waals surface area contributed by atoms with Gasteiger partial charge in [-0.15, -0.1) is 0 Å². The highest BCUT2D eigenvalue weighted by Gasteiger charge is 2.22. The summed E-state index contributed by atoms with van der Waals surface area (Å²) in [5, 5.41) is 4.78. The van der Waals surface area contributed by atoms with Gasteiger partial charge in [0.2, 0.25) is 0 Å². The van der Waals surface area contributed by atoms with Crippen LogP contribution in [0.25, 0.3) is 0 Å². The van der Waals surface area contributed by atoms with E-state index in [-0.39, 0.29) is 6.61 Å². The molecule has 2 aromatic rings. The van der Waals surface area contributed by atoms with E-state index in [9.17, 15) is 0 Å². The van der Waals surface area contributed by atoms with Crippen LogP contribution in [0.2, 0.25) is 10.0 Å². The first-order valence-corrected chi connectivity index (χ1v) is 12.0. The predicted molar refractivity (Wildman–Crippen MR) is 128 cm³/mol. The number of benzene rings is 2. The van der Waals surface area contributed by atoms with Gasteiger partial charge in [0.25, 0.3) is 0 Å². The fraction of sp³-hybridized carbons (Fsp3) is 0.478. The molecular formula is C23H29BrCl2N2O2. The van der Waals surface area contributed by atoms with Crippen LogP contribution in [0.4, 0.5) is 0 Å². The Morgan fingerprint density at radius 3 is 2.63 bits per heavy atom. The lowest BCUT2D eigenvalue weighted by atomic mass is 10.1. The molecule has 1 N–H and O–H groups in total. The van der Waals surface area contributed by atoms with Gasteiger partial charge in [-0.3, -0.25) is 4.90 Å². The van der Waals surface area contributed by atoms with E-state index in [0.717, 1.165) is 35.2 Å². The Morgan fingerprint density at radius 1 is 1.17 bits per heavy atom. The summed E-state index contributed by atoms with van der Waals surface area (Å²) < 4.78 is 12.8. The van der Waals surface area contributed by atoms with Gasteiger partial charge in [-0.05, 0) is 78.6 Å². The summed E-state index contributed by atoms with van der Waals surface area (Å²) >= 11 is 16.2. The third-order valence-corrected chi connectivity index (χ3v) is 6.70. The number of likely N-dealkylation sites (N-methyl/N-ethyl adjacent to an activating group) is 1. The molecule has 0 unspecified atom stereocenters. The first-order chi connectivity index (χ1) is 14.5. The van der Waals surface area contributed by atoms with Crippen LogP contribution in [0, 0.1) is 0 Å². The summed E-state index contributed by atoms with van der Waals surface area (Å²) in [6.45, 7) is 9.13. The lowest BCUT2D eigenvalue weighted by Crippen LogP contribution is -2.37. The van der Waals surface area contributed by atoms with Crippen LogP contribution < -0.4 is 14.8 Å². The van der Waals surface area contributed by atoms with Crippen molar-refractivity contribution in [3.05, 3.63) is 56.0 Å². The quantitative estimate of drug-likeness (QED) is 0.402. The van der Waals surface area contributed by atoms with E-state index in [0.29, 0.717) is 34.2 Å². The van der Waals surface area contributed by atoms with Gasteiger partial charge in [-0.25, -0.2) is 0 Å². The van der Waals surface area contributed by atoms with E-state index >= 15 is 0 Å². The van der Waals surface area contributed by atoms with Crippen molar-refractivity contribution in [3.8, 4) is 11.5 Å². The summed E-state index contributed by atoms with van der Waals surface area (Å²) in [6.07, 6.45) is 2.56. The first kappa shape index (κ1) is 23.7. The van der Waals surface area contributed by atoms with Gasteiger partial charge in [-0.1, -0.05) is 36.2 Å². The standard InChI is InChI=1S/C23H29BrCl2N2O2/c1-3-28-10-6-7-17(28)14-27-13-16-11-19(24)23(22(12-16)29-4-2)30-15-18-20(25)8-5-9-21(18)26/h5,8-9,11-12,17,27H,3-4,6-7,10,13-15H2,1-2H3/t17-/m1/s1. The second-order valence-corrected chi connectivity index (χ2v) is 9.05. The third-order valence-electron chi connectivity index (χ3n) is 5.41. The number of hydrogen-bond acceptors (Lipinski definition) is 4. The highest BCUT2D eigenvalue weighted by atomic mass is 79.9. The number of nitrogens with one attached hydrogen (secondary N) is 1. The molecule has 1 heterocycles. The van der Waals surface area contributed by atoms with Crippen molar-refractivity contribution in [1.29, 1.82) is 0 Å². The minimum absolute atomic E-state index is 0.267. The molecule has 0 aromatic heterocycles. The number of rotatable bonds is 10. The molecule has 0 aliphatic carbocycles. The van der Waals surface area contributed by atoms with Crippen molar-refractivity contribution < 1.29 is 9.47 Å². The molecule has 7 heteroatoms. The lowest BCUT2D eigenvalue weighted by molar-refractivity contribution is 0.259. The Hall–Kier alpha value is -0.980. The molecular weight excluding hydrogens is 487 g/mol. The smallest absolute Gasteiger partial charge is 0.175 e. The van der Waals surface area contributed by atoms with Gasteiger partial charge in [0.1, 0.15) is 6.61 Å². The molecule has 2 aromatic carbocycles. The highest BCUT2D eigenvalue weighted by molar-refractivity contribution is 9.10. The maximum Gasteiger partial charge on any atom is 0.175 e. The molecule has 0 spiro atoms. The SMILES string of the molecule is CCOc1cc(CNC[C@H]2CCCN2CC)cc(Br)c1OCc1c(Cl)cccc1Cl. The van der Waals surface area contributed by atoms with Gasteiger partial charge >= 0.3 is 0 Å². The van der Waals surface area contributed by atoms with Crippen molar-refractivity contribution in [2.45, 2.75) is 45.9 Å². The Bertz CT molecular complexity index is 830. The Labute approximate surface area is 198 Å². The maximum absolute atomic E-state index is 6.27. The van der Waals surface area contributed by atoms with E-state index in [1.807, 2.05) is 31.2 Å². The maximum atomic E-state index is 6.27. The van der Waals surface area contributed by atoms with Gasteiger partial charge in [0, 0.05) is 34.7 Å². The summed E-state index contributed by atoms with van der Waals surface area (Å²) in [6, 6.07) is 10.2. The molecule has 0 radical (unpaired) electrons. The average Bonchev–Trinajstić information content (AvgIpc) is 3.17. The molecule has 4 nitrogen and oxygen atoms in total. The fourth-order valence-corrected chi connectivity index (χ4v) is 4.98. The van der Waals surface area contributed by atoms with Crippen molar-refractivity contribution in [2.24, 2.45) is 0 Å². The molecule has 1 saturated heterocycles. The second kappa shape index (κ2) is 11.6. The van der Waals surface area contributed by atoms with Gasteiger partial charge in [0.15, 0.2) is 11.5 Å². The van der Waals surface area contributed by atoms with Crippen molar-refractivity contribution in [3.63, 3.8) is 0 Å². The molecule has 3 rings (SSSR count). The number of likely N-dealkylation sites (tertiary alicyclic amines) is 1. The van der Waals surface area contributed by atoms with Crippen LogP contribution >= 0.6 is 39.1 Å². The normalized spacial score (nSPS) is 16.8.